The van der Waals surface area contributed by atoms with Crippen LogP contribution in [0.2, 0.25) is 0 Å². The van der Waals surface area contributed by atoms with Crippen molar-refractivity contribution < 1.29 is 33.8 Å². The molecule has 3 amide bonds. The van der Waals surface area contributed by atoms with E-state index >= 15 is 0 Å². The van der Waals surface area contributed by atoms with Crippen LogP contribution in [0.4, 0.5) is 4.79 Å². The van der Waals surface area contributed by atoms with E-state index in [9.17, 15) is 24.3 Å². The zero-order chi connectivity index (χ0) is 35.5. The average molecular weight is 678 g/mol. The Balaban J connectivity index is 2.04. The molecule has 0 saturated carbocycles. The quantitative estimate of drug-likeness (QED) is 0.141. The van der Waals surface area contributed by atoms with E-state index in [0.29, 0.717) is 0 Å². The summed E-state index contributed by atoms with van der Waals surface area (Å²) < 4.78 is 9.51. The van der Waals surface area contributed by atoms with Gasteiger partial charge < -0.3 is 30.5 Å². The predicted molar refractivity (Wildman–Crippen MR) is 187 cm³/mol. The van der Waals surface area contributed by atoms with Crippen LogP contribution >= 0.6 is 11.8 Å². The minimum atomic E-state index is -1.45. The molecular weight excluding hydrogens is 630 g/mol. The van der Waals surface area contributed by atoms with Gasteiger partial charge in [0.25, 0.3) is 0 Å². The van der Waals surface area contributed by atoms with Gasteiger partial charge in [0, 0.05) is 5.75 Å². The van der Waals surface area contributed by atoms with Crippen LogP contribution in [-0.4, -0.2) is 71.7 Å². The Morgan fingerprint density at radius 1 is 0.708 bits per heavy atom. The van der Waals surface area contributed by atoms with Gasteiger partial charge in [-0.25, -0.2) is 9.59 Å². The minimum absolute atomic E-state index is 0.0364. The molecule has 3 rings (SSSR count). The summed E-state index contributed by atoms with van der Waals surface area (Å²) in [6, 6.07) is 25.9. The third-order valence-electron chi connectivity index (χ3n) is 7.50. The summed E-state index contributed by atoms with van der Waals surface area (Å²) in [6.45, 7) is 9.94. The first-order chi connectivity index (χ1) is 22.7. The van der Waals surface area contributed by atoms with Crippen molar-refractivity contribution in [1.82, 2.24) is 16.0 Å². The number of amides is 3. The van der Waals surface area contributed by atoms with Crippen molar-refractivity contribution in [2.24, 2.45) is 5.92 Å². The number of hydrogen-bond acceptors (Lipinski definition) is 8. The number of alkyl carbamates (subject to hydrolysis) is 1. The third kappa shape index (κ3) is 10.1. The lowest BCUT2D eigenvalue weighted by atomic mass is 9.84. The van der Waals surface area contributed by atoms with Crippen LogP contribution in [0.25, 0.3) is 0 Å². The maximum atomic E-state index is 14.0. The van der Waals surface area contributed by atoms with E-state index in [4.69, 9.17) is 9.47 Å². The van der Waals surface area contributed by atoms with Crippen LogP contribution in [0.5, 0.6) is 0 Å². The lowest BCUT2D eigenvalue weighted by Crippen LogP contribution is -2.60. The van der Waals surface area contributed by atoms with Crippen LogP contribution in [0.3, 0.4) is 0 Å². The van der Waals surface area contributed by atoms with E-state index < -0.39 is 58.5 Å². The number of nitrogens with one attached hydrogen (secondary N) is 3. The number of benzene rings is 3. The number of methoxy groups -OCH3 is 1. The minimum Gasteiger partial charge on any atom is -0.467 e. The molecule has 3 aromatic carbocycles. The highest BCUT2D eigenvalue weighted by Gasteiger charge is 2.40. The molecule has 11 heteroatoms. The largest absolute Gasteiger partial charge is 0.467 e. The highest BCUT2D eigenvalue weighted by molar-refractivity contribution is 8.00. The molecule has 0 aromatic heterocycles. The van der Waals surface area contributed by atoms with Gasteiger partial charge in [-0.2, -0.15) is 0 Å². The Bertz CT molecular complexity index is 1400. The Kier molecular flexibility index (Phi) is 13.6. The fourth-order valence-corrected chi connectivity index (χ4v) is 6.70. The van der Waals surface area contributed by atoms with Gasteiger partial charge in [-0.15, -0.1) is 11.8 Å². The van der Waals surface area contributed by atoms with E-state index in [0.717, 1.165) is 16.7 Å². The molecule has 0 bridgehead atoms. The van der Waals surface area contributed by atoms with E-state index in [1.165, 1.54) is 25.8 Å². The molecule has 0 spiro atoms. The Morgan fingerprint density at radius 3 is 1.52 bits per heavy atom. The molecule has 2 unspecified atom stereocenters. The topological polar surface area (TPSA) is 143 Å². The number of esters is 1. The first kappa shape index (κ1) is 38.1. The van der Waals surface area contributed by atoms with Crippen LogP contribution in [0.1, 0.15) is 58.2 Å². The summed E-state index contributed by atoms with van der Waals surface area (Å²) in [5, 5.41) is 18.5. The smallest absolute Gasteiger partial charge is 0.408 e. The summed E-state index contributed by atoms with van der Waals surface area (Å²) in [6.07, 6.45) is -2.16. The van der Waals surface area contributed by atoms with Crippen molar-refractivity contribution in [2.45, 2.75) is 76.1 Å². The number of aliphatic hydroxyl groups excluding tert-OH is 1. The van der Waals surface area contributed by atoms with Gasteiger partial charge in [0.1, 0.15) is 23.7 Å². The molecule has 4 N–H and O–H groups in total. The second-order valence-electron chi connectivity index (χ2n) is 12.8. The normalized spacial score (nSPS) is 14.2. The summed E-state index contributed by atoms with van der Waals surface area (Å²) in [7, 11) is 1.21. The summed E-state index contributed by atoms with van der Waals surface area (Å²) in [5.74, 6) is -2.45. The zero-order valence-corrected chi connectivity index (χ0v) is 29.4. The van der Waals surface area contributed by atoms with Gasteiger partial charge in [-0.05, 0) is 50.3 Å². The predicted octanol–water partition coefficient (Wildman–Crippen LogP) is 4.78. The van der Waals surface area contributed by atoms with E-state index in [-0.39, 0.29) is 11.7 Å². The van der Waals surface area contributed by atoms with Gasteiger partial charge in [0.15, 0.2) is 0 Å². The van der Waals surface area contributed by atoms with Gasteiger partial charge in [0.05, 0.1) is 18.0 Å². The summed E-state index contributed by atoms with van der Waals surface area (Å²) in [5.41, 5.74) is 2.01. The zero-order valence-electron chi connectivity index (χ0n) is 28.6. The number of rotatable bonds is 14. The average Bonchev–Trinajstić information content (AvgIpc) is 3.05. The molecule has 0 aliphatic carbocycles. The number of ether oxygens (including phenoxy) is 2. The molecule has 4 atom stereocenters. The van der Waals surface area contributed by atoms with Gasteiger partial charge in [-0.1, -0.05) is 105 Å². The van der Waals surface area contributed by atoms with Crippen molar-refractivity contribution in [3.05, 3.63) is 108 Å². The molecule has 0 radical (unpaired) electrons. The van der Waals surface area contributed by atoms with Gasteiger partial charge >= 0.3 is 12.1 Å². The highest BCUT2D eigenvalue weighted by Crippen LogP contribution is 2.48. The van der Waals surface area contributed by atoms with Crippen molar-refractivity contribution in [3.63, 3.8) is 0 Å². The fraction of sp³-hybridized carbons (Fsp3) is 0.405. The second-order valence-corrected chi connectivity index (χ2v) is 14.0. The summed E-state index contributed by atoms with van der Waals surface area (Å²) >= 11 is 1.43. The maximum Gasteiger partial charge on any atom is 0.408 e. The molecule has 48 heavy (non-hydrogen) atoms. The number of carbonyl (C=O) groups excluding carboxylic acids is 4. The van der Waals surface area contributed by atoms with Crippen LogP contribution < -0.4 is 16.0 Å². The Hall–Kier alpha value is -4.35. The van der Waals surface area contributed by atoms with Gasteiger partial charge in [0.2, 0.25) is 11.8 Å². The van der Waals surface area contributed by atoms with Crippen LogP contribution in [0.15, 0.2) is 91.0 Å². The molecule has 10 nitrogen and oxygen atoms in total. The first-order valence-corrected chi connectivity index (χ1v) is 16.8. The first-order valence-electron chi connectivity index (χ1n) is 15.9. The maximum absolute atomic E-state index is 14.0. The molecule has 0 aliphatic heterocycles. The van der Waals surface area contributed by atoms with Crippen molar-refractivity contribution >= 4 is 35.6 Å². The molecule has 0 aliphatic rings. The number of thioether (sulfide) groups is 1. The number of carbonyl (C=O) groups is 4. The third-order valence-corrected chi connectivity index (χ3v) is 9.14. The van der Waals surface area contributed by atoms with E-state index in [2.05, 4.69) is 16.0 Å². The lowest BCUT2D eigenvalue weighted by Gasteiger charge is -2.36. The molecule has 0 fully saturated rings. The van der Waals surface area contributed by atoms with E-state index in [1.807, 2.05) is 91.0 Å². The van der Waals surface area contributed by atoms with Crippen molar-refractivity contribution in [1.29, 1.82) is 0 Å². The molecule has 258 valence electrons. The Labute approximate surface area is 287 Å². The molecular formula is C37H47N3O7S. The van der Waals surface area contributed by atoms with Crippen LogP contribution in [-0.2, 0) is 28.6 Å². The van der Waals surface area contributed by atoms with Crippen molar-refractivity contribution in [2.75, 3.05) is 12.9 Å². The standard InChI is InChI=1S/C37H47N3O7S/c1-24(2)30(34(44)46-7)39-33(43)31(25(3)41)40-32(42)29(38-35(45)47-36(4,5)6)23-48-37(26-17-11-8-12-18-26,27-19-13-9-14-20-27)28-21-15-10-16-22-28/h8-22,24-25,29-31,41H,23H2,1-7H3,(H,38,45)(H,39,43)(H,40,42)/t25?,29-,30+,31?/m1/s1. The second kappa shape index (κ2) is 17.2. The monoisotopic (exact) mass is 677 g/mol. The number of hydrogen-bond donors (Lipinski definition) is 4. The van der Waals surface area contributed by atoms with Gasteiger partial charge in [-0.3, -0.25) is 9.59 Å². The Morgan fingerprint density at radius 2 is 1.15 bits per heavy atom. The SMILES string of the molecule is COC(=O)[C@@H](NC(=O)C(NC(=O)[C@@H](CSC(c1ccccc1)(c1ccccc1)c1ccccc1)NC(=O)OC(C)(C)C)C(C)O)C(C)C. The highest BCUT2D eigenvalue weighted by atomic mass is 32.2. The molecule has 0 heterocycles. The lowest BCUT2D eigenvalue weighted by molar-refractivity contribution is -0.147. The van der Waals surface area contributed by atoms with Crippen LogP contribution in [0, 0.1) is 5.92 Å². The van der Waals surface area contributed by atoms with Crippen molar-refractivity contribution in [3.8, 4) is 0 Å². The van der Waals surface area contributed by atoms with E-state index in [1.54, 1.807) is 34.6 Å². The summed E-state index contributed by atoms with van der Waals surface area (Å²) in [4.78, 5) is 52.8. The molecule has 0 saturated heterocycles. The number of aliphatic hydroxyl groups is 1. The fourth-order valence-electron chi connectivity index (χ4n) is 5.14. The molecule has 3 aromatic rings.